The summed E-state index contributed by atoms with van der Waals surface area (Å²) in [4.78, 5) is 2.63. The lowest BCUT2D eigenvalue weighted by molar-refractivity contribution is 0.482. The molecule has 1 aliphatic heterocycles. The van der Waals surface area contributed by atoms with Gasteiger partial charge in [-0.2, -0.15) is 0 Å². The average Bonchev–Trinajstić information content (AvgIpc) is 2.83. The Labute approximate surface area is 206 Å². The van der Waals surface area contributed by atoms with Crippen LogP contribution < -0.4 is 9.47 Å². The second kappa shape index (κ2) is 9.93. The lowest BCUT2D eigenvalue weighted by atomic mass is 10.3. The van der Waals surface area contributed by atoms with Crippen LogP contribution >= 0.6 is 55.8 Å². The molecule has 0 aliphatic carbocycles. The molecule has 8 heteroatoms. The van der Waals surface area contributed by atoms with E-state index in [1.807, 2.05) is 71.7 Å². The molecule has 1 aliphatic rings. The smallest absolute Gasteiger partial charge is 0.127 e. The first-order valence-corrected chi connectivity index (χ1v) is 19.7. The summed E-state index contributed by atoms with van der Waals surface area (Å²) in [5.74, 6) is 3.34. The first-order valence-electron chi connectivity index (χ1n) is 9.82. The van der Waals surface area contributed by atoms with Crippen molar-refractivity contribution in [3.05, 3.63) is 109 Å². The van der Waals surface area contributed by atoms with Crippen LogP contribution in [0, 0.1) is 0 Å². The van der Waals surface area contributed by atoms with Gasteiger partial charge in [0.2, 0.25) is 0 Å². The molecular weight excluding hydrogens is 510 g/mol. The fraction of sp³-hybridized carbons (Fsp3) is 0. The van der Waals surface area contributed by atoms with Crippen LogP contribution in [-0.2, 0) is 0 Å². The van der Waals surface area contributed by atoms with Gasteiger partial charge in [0.25, 0.3) is 0 Å². The van der Waals surface area contributed by atoms with Gasteiger partial charge in [-0.15, -0.1) is 33.8 Å². The zero-order valence-corrected chi connectivity index (χ0v) is 22.0. The van der Waals surface area contributed by atoms with Crippen LogP contribution in [0.4, 0.5) is 0 Å². The number of benzene rings is 4. The summed E-state index contributed by atoms with van der Waals surface area (Å²) >= 11 is 12.0. The molecule has 162 valence electrons. The lowest BCUT2D eigenvalue weighted by Crippen LogP contribution is -1.99. The van der Waals surface area contributed by atoms with Gasteiger partial charge >= 0.3 is 0 Å². The summed E-state index contributed by atoms with van der Waals surface area (Å²) < 4.78 is 12.0. The van der Waals surface area contributed by atoms with Gasteiger partial charge in [0.05, 0.1) is 11.1 Å². The highest BCUT2D eigenvalue weighted by molar-refractivity contribution is 9.60. The summed E-state index contributed by atoms with van der Waals surface area (Å²) in [6, 6.07) is 36.7. The SMILES string of the molecule is SP1SP(S)S1(c1ccc(Oc2ccccc2)cc1)c1ccc(Oc2ccccc2)cc1. The number of rotatable bonds is 6. The molecule has 4 aromatic rings. The Morgan fingerprint density at radius 1 is 0.500 bits per heavy atom. The highest BCUT2D eigenvalue weighted by atomic mass is 33.8. The fourth-order valence-electron chi connectivity index (χ4n) is 3.33. The molecule has 2 nitrogen and oxygen atoms in total. The maximum Gasteiger partial charge on any atom is 0.127 e. The Hall–Kier alpha value is -1.26. The van der Waals surface area contributed by atoms with Gasteiger partial charge in [0.1, 0.15) is 23.0 Å². The number of para-hydroxylation sites is 2. The fourth-order valence-corrected chi connectivity index (χ4v) is 45.8. The second-order valence-corrected chi connectivity index (χ2v) is 27.6. The molecule has 1 saturated heterocycles. The monoisotopic (exact) mass is 530 g/mol. The highest BCUT2D eigenvalue weighted by Gasteiger charge is 2.52. The normalized spacial score (nSPS) is 20.1. The molecule has 0 bridgehead atoms. The maximum absolute atomic E-state index is 5.99. The molecule has 0 amide bonds. The third-order valence-corrected chi connectivity index (χ3v) is 39.7. The Kier molecular flexibility index (Phi) is 6.99. The van der Waals surface area contributed by atoms with Crippen molar-refractivity contribution in [3.8, 4) is 23.0 Å². The maximum atomic E-state index is 5.99. The molecule has 0 N–H and O–H groups in total. The zero-order valence-electron chi connectivity index (χ0n) is 16.8. The summed E-state index contributed by atoms with van der Waals surface area (Å²) in [6.07, 6.45) is 0. The summed E-state index contributed by atoms with van der Waals surface area (Å²) in [7, 11) is -1.28. The van der Waals surface area contributed by atoms with Crippen LogP contribution in [-0.4, -0.2) is 0 Å². The van der Waals surface area contributed by atoms with Crippen LogP contribution in [0.5, 0.6) is 23.0 Å². The summed E-state index contributed by atoms with van der Waals surface area (Å²) in [5.41, 5.74) is -1.02. The Balaban J connectivity index is 1.42. The Morgan fingerprint density at radius 3 is 1.19 bits per heavy atom. The van der Waals surface area contributed by atoms with Gasteiger partial charge in [-0.1, -0.05) is 47.4 Å². The van der Waals surface area contributed by atoms with Gasteiger partial charge in [-0.05, 0) is 72.8 Å². The van der Waals surface area contributed by atoms with Gasteiger partial charge in [0, 0.05) is 9.79 Å². The molecule has 0 radical (unpaired) electrons. The van der Waals surface area contributed by atoms with Crippen LogP contribution in [0.2, 0.25) is 0 Å². The second-order valence-electron chi connectivity index (χ2n) is 6.88. The van der Waals surface area contributed by atoms with E-state index in [1.54, 1.807) is 0 Å². The standard InChI is InChI=1S/C24H20O2P2S4/c29-27-31-28(30)32(27,23-15-11-21(12-16-23)25-19-7-3-1-4-8-19)24-17-13-22(14-18-24)26-20-9-5-2-6-10-20/h1-18,29-30H. The van der Waals surface area contributed by atoms with E-state index >= 15 is 0 Å². The van der Waals surface area contributed by atoms with Gasteiger partial charge < -0.3 is 9.47 Å². The number of ether oxygens (including phenoxy) is 2. The third-order valence-electron chi connectivity index (χ3n) is 4.85. The van der Waals surface area contributed by atoms with E-state index in [4.69, 9.17) is 34.0 Å². The minimum Gasteiger partial charge on any atom is -0.457 e. The molecule has 1 heterocycles. The van der Waals surface area contributed by atoms with E-state index in [0.29, 0.717) is 0 Å². The van der Waals surface area contributed by atoms with Crippen LogP contribution in [0.3, 0.4) is 0 Å². The molecule has 0 saturated carbocycles. The van der Waals surface area contributed by atoms with Crippen molar-refractivity contribution >= 4 is 55.8 Å². The van der Waals surface area contributed by atoms with E-state index in [-0.39, 0.29) is 0 Å². The van der Waals surface area contributed by atoms with Crippen molar-refractivity contribution in [2.75, 3.05) is 0 Å². The number of hydrogen-bond acceptors (Lipinski definition) is 5. The van der Waals surface area contributed by atoms with Crippen molar-refractivity contribution in [3.63, 3.8) is 0 Å². The predicted octanol–water partition coefficient (Wildman–Crippen LogP) is 10.6. The van der Waals surface area contributed by atoms with Crippen LogP contribution in [0.1, 0.15) is 0 Å². The molecule has 5 rings (SSSR count). The van der Waals surface area contributed by atoms with Crippen molar-refractivity contribution in [2.24, 2.45) is 0 Å². The molecule has 2 atom stereocenters. The lowest BCUT2D eigenvalue weighted by Gasteiger charge is -2.55. The zero-order chi connectivity index (χ0) is 22.0. The minimum absolute atomic E-state index is 0.508. The van der Waals surface area contributed by atoms with E-state index in [1.165, 1.54) is 9.79 Å². The van der Waals surface area contributed by atoms with Gasteiger partial charge in [0.15, 0.2) is 0 Å². The molecular formula is C24H20O2P2S4. The average molecular weight is 531 g/mol. The van der Waals surface area contributed by atoms with Crippen molar-refractivity contribution < 1.29 is 9.47 Å². The molecule has 4 aromatic carbocycles. The molecule has 0 spiro atoms. The number of hydrogen-bond donors (Lipinski definition) is 2. The summed E-state index contributed by atoms with van der Waals surface area (Å²) in [5, 5.41) is 0. The first-order chi connectivity index (χ1) is 15.7. The molecule has 0 aromatic heterocycles. The van der Waals surface area contributed by atoms with Crippen molar-refractivity contribution in [1.82, 2.24) is 0 Å². The Morgan fingerprint density at radius 2 is 0.844 bits per heavy atom. The van der Waals surface area contributed by atoms with E-state index in [2.05, 4.69) is 48.5 Å². The summed E-state index contributed by atoms with van der Waals surface area (Å²) in [6.45, 7) is 0. The van der Waals surface area contributed by atoms with E-state index in [0.717, 1.165) is 23.0 Å². The largest absolute Gasteiger partial charge is 0.457 e. The molecule has 1 fully saturated rings. The quantitative estimate of drug-likeness (QED) is 0.191. The third kappa shape index (κ3) is 4.42. The molecule has 32 heavy (non-hydrogen) atoms. The Bertz CT molecular complexity index is 1080. The number of thiol groups is 2. The van der Waals surface area contributed by atoms with Gasteiger partial charge in [-0.25, -0.2) is 0 Å². The first kappa shape index (κ1) is 22.5. The van der Waals surface area contributed by atoms with E-state index < -0.39 is 20.3 Å². The molecule has 2 unspecified atom stereocenters. The predicted molar refractivity (Wildman–Crippen MR) is 149 cm³/mol. The van der Waals surface area contributed by atoms with E-state index in [9.17, 15) is 0 Å². The van der Waals surface area contributed by atoms with Crippen molar-refractivity contribution in [2.45, 2.75) is 9.79 Å². The minimum atomic E-state index is -1.28. The highest BCUT2D eigenvalue weighted by Crippen LogP contribution is 3.19. The van der Waals surface area contributed by atoms with Crippen LogP contribution in [0.15, 0.2) is 119 Å². The topological polar surface area (TPSA) is 18.5 Å². The van der Waals surface area contributed by atoms with Gasteiger partial charge in [-0.3, -0.25) is 0 Å². The van der Waals surface area contributed by atoms with Crippen LogP contribution in [0.25, 0.3) is 0 Å². The van der Waals surface area contributed by atoms with Crippen molar-refractivity contribution in [1.29, 1.82) is 0 Å².